The van der Waals surface area contributed by atoms with E-state index in [0.717, 1.165) is 22.6 Å². The van der Waals surface area contributed by atoms with Gasteiger partial charge in [-0.2, -0.15) is 0 Å². The van der Waals surface area contributed by atoms with Crippen LogP contribution >= 0.6 is 0 Å². The number of carbonyl (C=O) groups excluding carboxylic acids is 1. The molecule has 150 valence electrons. The molecule has 0 atom stereocenters. The van der Waals surface area contributed by atoms with Crippen molar-refractivity contribution >= 4 is 11.6 Å². The Balaban J connectivity index is 1.56. The normalized spacial score (nSPS) is 10.5. The van der Waals surface area contributed by atoms with Gasteiger partial charge in [0.05, 0.1) is 19.9 Å². The first-order chi connectivity index (χ1) is 14.7. The Kier molecular flexibility index (Phi) is 5.38. The number of hydrogen-bond donors (Lipinski definition) is 1. The van der Waals surface area contributed by atoms with Gasteiger partial charge in [0.15, 0.2) is 0 Å². The van der Waals surface area contributed by atoms with E-state index in [1.54, 1.807) is 44.6 Å². The van der Waals surface area contributed by atoms with Crippen LogP contribution in [0.15, 0.2) is 73.1 Å². The van der Waals surface area contributed by atoms with Gasteiger partial charge in [0.25, 0.3) is 5.91 Å². The van der Waals surface area contributed by atoms with Crippen molar-refractivity contribution in [2.45, 2.75) is 0 Å². The molecule has 4 aromatic rings. The summed E-state index contributed by atoms with van der Waals surface area (Å²) in [6, 6.07) is 20.2. The molecule has 1 heterocycles. The lowest BCUT2D eigenvalue weighted by molar-refractivity contribution is 0.102. The first kappa shape index (κ1) is 19.1. The van der Waals surface area contributed by atoms with Crippen LogP contribution in [0.3, 0.4) is 0 Å². The third-order valence-electron chi connectivity index (χ3n) is 4.60. The van der Waals surface area contributed by atoms with Gasteiger partial charge >= 0.3 is 0 Å². The molecule has 0 spiro atoms. The second-order valence-corrected chi connectivity index (χ2v) is 6.40. The van der Waals surface area contributed by atoms with Crippen LogP contribution in [0.2, 0.25) is 0 Å². The number of hydrogen-bond acceptors (Lipinski definition) is 6. The number of methoxy groups -OCH3 is 2. The van der Waals surface area contributed by atoms with E-state index in [1.165, 1.54) is 11.0 Å². The van der Waals surface area contributed by atoms with Crippen LogP contribution in [-0.2, 0) is 0 Å². The van der Waals surface area contributed by atoms with Crippen molar-refractivity contribution in [2.24, 2.45) is 0 Å². The minimum absolute atomic E-state index is 0.218. The number of nitrogens with one attached hydrogen (secondary N) is 1. The van der Waals surface area contributed by atoms with E-state index in [-0.39, 0.29) is 5.91 Å². The average molecular weight is 401 g/mol. The van der Waals surface area contributed by atoms with Gasteiger partial charge in [-0.15, -0.1) is 5.10 Å². The molecule has 4 rings (SSSR count). The first-order valence-corrected chi connectivity index (χ1v) is 9.15. The number of rotatable bonds is 6. The molecule has 1 amide bonds. The summed E-state index contributed by atoms with van der Waals surface area (Å²) in [6.07, 6.45) is 1.49. The Labute approximate surface area is 173 Å². The molecular weight excluding hydrogens is 382 g/mol. The molecule has 0 saturated heterocycles. The zero-order valence-corrected chi connectivity index (χ0v) is 16.4. The van der Waals surface area contributed by atoms with Crippen molar-refractivity contribution < 1.29 is 14.3 Å². The summed E-state index contributed by atoms with van der Waals surface area (Å²) in [7, 11) is 3.24. The van der Waals surface area contributed by atoms with E-state index in [1.807, 2.05) is 36.4 Å². The van der Waals surface area contributed by atoms with Crippen molar-refractivity contribution in [1.82, 2.24) is 20.2 Å². The molecule has 30 heavy (non-hydrogen) atoms. The van der Waals surface area contributed by atoms with Crippen molar-refractivity contribution in [1.29, 1.82) is 0 Å². The highest BCUT2D eigenvalue weighted by Crippen LogP contribution is 2.33. The predicted octanol–water partition coefficient (Wildman–Crippen LogP) is 3.60. The molecule has 0 unspecified atom stereocenters. The molecule has 8 nitrogen and oxygen atoms in total. The predicted molar refractivity (Wildman–Crippen MR) is 112 cm³/mol. The summed E-state index contributed by atoms with van der Waals surface area (Å²) in [6.45, 7) is 0. The minimum atomic E-state index is -0.218. The summed E-state index contributed by atoms with van der Waals surface area (Å²) in [5, 5.41) is 14.0. The summed E-state index contributed by atoms with van der Waals surface area (Å²) < 4.78 is 12.2. The third kappa shape index (κ3) is 3.97. The van der Waals surface area contributed by atoms with E-state index in [4.69, 9.17) is 9.47 Å². The van der Waals surface area contributed by atoms with E-state index in [9.17, 15) is 4.79 Å². The molecule has 0 bridgehead atoms. The van der Waals surface area contributed by atoms with Gasteiger partial charge in [-0.05, 0) is 70.6 Å². The largest absolute Gasteiger partial charge is 0.497 e. The zero-order chi connectivity index (χ0) is 20.9. The van der Waals surface area contributed by atoms with Gasteiger partial charge in [0, 0.05) is 16.8 Å². The molecule has 0 saturated carbocycles. The number of ether oxygens (including phenoxy) is 2. The monoisotopic (exact) mass is 401 g/mol. The fraction of sp³-hybridized carbons (Fsp3) is 0.0909. The Bertz CT molecular complexity index is 1140. The van der Waals surface area contributed by atoms with E-state index >= 15 is 0 Å². The van der Waals surface area contributed by atoms with E-state index < -0.39 is 0 Å². The quantitative estimate of drug-likeness (QED) is 0.531. The van der Waals surface area contributed by atoms with Gasteiger partial charge in [0.2, 0.25) is 0 Å². The maximum absolute atomic E-state index is 12.7. The summed E-state index contributed by atoms with van der Waals surface area (Å²) >= 11 is 0. The maximum Gasteiger partial charge on any atom is 0.255 e. The number of anilines is 1. The molecule has 1 aromatic heterocycles. The fourth-order valence-electron chi connectivity index (χ4n) is 3.03. The summed E-state index contributed by atoms with van der Waals surface area (Å²) in [5.41, 5.74) is 3.77. The summed E-state index contributed by atoms with van der Waals surface area (Å²) in [4.78, 5) is 12.7. The Morgan fingerprint density at radius 2 is 1.70 bits per heavy atom. The molecule has 0 aliphatic carbocycles. The highest BCUT2D eigenvalue weighted by molar-refractivity contribution is 6.04. The highest BCUT2D eigenvalue weighted by atomic mass is 16.5. The van der Waals surface area contributed by atoms with Crippen molar-refractivity contribution in [3.05, 3.63) is 78.6 Å². The van der Waals surface area contributed by atoms with Gasteiger partial charge in [-0.3, -0.25) is 4.79 Å². The second kappa shape index (κ2) is 8.44. The van der Waals surface area contributed by atoms with Crippen molar-refractivity contribution in [2.75, 3.05) is 19.5 Å². The van der Waals surface area contributed by atoms with Gasteiger partial charge in [-0.25, -0.2) is 4.68 Å². The molecule has 8 heteroatoms. The van der Waals surface area contributed by atoms with Crippen LogP contribution in [0.25, 0.3) is 16.8 Å². The lowest BCUT2D eigenvalue weighted by Crippen LogP contribution is -2.12. The molecule has 3 aromatic carbocycles. The molecular formula is C22H19N5O3. The third-order valence-corrected chi connectivity index (χ3v) is 4.60. The van der Waals surface area contributed by atoms with Crippen LogP contribution < -0.4 is 14.8 Å². The molecule has 0 aliphatic rings. The maximum atomic E-state index is 12.7. The van der Waals surface area contributed by atoms with Crippen LogP contribution in [0.5, 0.6) is 11.5 Å². The Hall–Kier alpha value is -4.20. The van der Waals surface area contributed by atoms with Gasteiger partial charge < -0.3 is 14.8 Å². The standard InChI is InChI=1S/C22H19N5O3/c1-29-19-10-5-15(6-11-19)20-13-17(7-12-21(20)30-2)24-22(28)16-3-8-18(9-4-16)27-14-23-25-26-27/h3-14H,1-2H3,(H,24,28). The average Bonchev–Trinajstić information content (AvgIpc) is 3.34. The fourth-order valence-corrected chi connectivity index (χ4v) is 3.03. The molecule has 1 N–H and O–H groups in total. The highest BCUT2D eigenvalue weighted by Gasteiger charge is 2.11. The minimum Gasteiger partial charge on any atom is -0.497 e. The summed E-state index contributed by atoms with van der Waals surface area (Å²) in [5.74, 6) is 1.26. The Morgan fingerprint density at radius 1 is 0.933 bits per heavy atom. The first-order valence-electron chi connectivity index (χ1n) is 9.15. The lowest BCUT2D eigenvalue weighted by Gasteiger charge is -2.13. The zero-order valence-electron chi connectivity index (χ0n) is 16.4. The molecule has 0 radical (unpaired) electrons. The van der Waals surface area contributed by atoms with Gasteiger partial charge in [-0.1, -0.05) is 12.1 Å². The van der Waals surface area contributed by atoms with Crippen LogP contribution in [0.4, 0.5) is 5.69 Å². The number of carbonyl (C=O) groups is 1. The smallest absolute Gasteiger partial charge is 0.255 e. The number of amides is 1. The topological polar surface area (TPSA) is 91.2 Å². The van der Waals surface area contributed by atoms with Crippen LogP contribution in [0.1, 0.15) is 10.4 Å². The number of benzene rings is 3. The van der Waals surface area contributed by atoms with Crippen LogP contribution in [0, 0.1) is 0 Å². The number of aromatic nitrogens is 4. The van der Waals surface area contributed by atoms with E-state index in [0.29, 0.717) is 17.0 Å². The second-order valence-electron chi connectivity index (χ2n) is 6.40. The van der Waals surface area contributed by atoms with Crippen molar-refractivity contribution in [3.8, 4) is 28.3 Å². The number of tetrazole rings is 1. The molecule has 0 fully saturated rings. The lowest BCUT2D eigenvalue weighted by atomic mass is 10.0. The number of nitrogens with zero attached hydrogens (tertiary/aromatic N) is 4. The molecule has 0 aliphatic heterocycles. The SMILES string of the molecule is COc1ccc(-c2cc(NC(=O)c3ccc(-n4cnnn4)cc3)ccc2OC)cc1. The Morgan fingerprint density at radius 3 is 2.33 bits per heavy atom. The van der Waals surface area contributed by atoms with Gasteiger partial charge in [0.1, 0.15) is 17.8 Å². The van der Waals surface area contributed by atoms with Crippen molar-refractivity contribution in [3.63, 3.8) is 0 Å². The van der Waals surface area contributed by atoms with E-state index in [2.05, 4.69) is 20.8 Å². The van der Waals surface area contributed by atoms with Crippen LogP contribution in [-0.4, -0.2) is 40.3 Å².